The number of unbranched alkanes of at least 4 members (excludes halogenated alkanes) is 2. The van der Waals surface area contributed by atoms with Crippen molar-refractivity contribution in [3.8, 4) is 0 Å². The lowest BCUT2D eigenvalue weighted by Gasteiger charge is -2.30. The van der Waals surface area contributed by atoms with Gasteiger partial charge in [-0.05, 0) is 43.9 Å². The molecule has 1 saturated carbocycles. The molecule has 0 aromatic rings. The highest BCUT2D eigenvalue weighted by atomic mass is 127. The van der Waals surface area contributed by atoms with Crippen LogP contribution in [0.25, 0.3) is 0 Å². The van der Waals surface area contributed by atoms with Crippen LogP contribution in [0, 0.1) is 5.41 Å². The average Bonchev–Trinajstić information content (AvgIpc) is 3.01. The minimum atomic E-state index is 0. The Morgan fingerprint density at radius 1 is 1.00 bits per heavy atom. The molecule has 0 unspecified atom stereocenters. The van der Waals surface area contributed by atoms with Gasteiger partial charge in [0.25, 0.3) is 0 Å². The van der Waals surface area contributed by atoms with Crippen molar-refractivity contribution in [2.24, 2.45) is 10.4 Å². The number of hydrogen-bond acceptors (Lipinski definition) is 3. The standard InChI is InChI=1S/C17H35N3O2.HI/c1-18-16(19-12-7-4-8-13-21-2)20-15-17(11-14-22-3)9-5-6-10-17;/h4-15H2,1-3H3,(H2,18,19,20);1H. The zero-order valence-corrected chi connectivity index (χ0v) is 17.5. The monoisotopic (exact) mass is 441 g/mol. The first-order valence-electron chi connectivity index (χ1n) is 8.69. The average molecular weight is 441 g/mol. The Morgan fingerprint density at radius 2 is 1.70 bits per heavy atom. The van der Waals surface area contributed by atoms with Crippen LogP contribution in [-0.2, 0) is 9.47 Å². The van der Waals surface area contributed by atoms with E-state index in [0.717, 1.165) is 51.5 Å². The molecule has 138 valence electrons. The van der Waals surface area contributed by atoms with Gasteiger partial charge in [-0.3, -0.25) is 4.99 Å². The summed E-state index contributed by atoms with van der Waals surface area (Å²) in [4.78, 5) is 4.33. The fraction of sp³-hybridized carbons (Fsp3) is 0.941. The molecule has 0 spiro atoms. The number of halogens is 1. The topological polar surface area (TPSA) is 54.9 Å². The van der Waals surface area contributed by atoms with E-state index in [1.54, 1.807) is 14.2 Å². The number of methoxy groups -OCH3 is 2. The molecule has 2 N–H and O–H groups in total. The van der Waals surface area contributed by atoms with Crippen LogP contribution in [0.5, 0.6) is 0 Å². The zero-order valence-electron chi connectivity index (χ0n) is 15.2. The fourth-order valence-electron chi connectivity index (χ4n) is 3.21. The molecule has 0 amide bonds. The van der Waals surface area contributed by atoms with E-state index in [-0.39, 0.29) is 24.0 Å². The van der Waals surface area contributed by atoms with Crippen LogP contribution in [0.3, 0.4) is 0 Å². The Labute approximate surface area is 159 Å². The second-order valence-corrected chi connectivity index (χ2v) is 6.36. The normalized spacial score (nSPS) is 16.9. The largest absolute Gasteiger partial charge is 0.385 e. The Balaban J connectivity index is 0.00000484. The van der Waals surface area contributed by atoms with E-state index in [9.17, 15) is 0 Å². The van der Waals surface area contributed by atoms with Gasteiger partial charge in [-0.2, -0.15) is 0 Å². The van der Waals surface area contributed by atoms with Crippen molar-refractivity contribution < 1.29 is 9.47 Å². The highest BCUT2D eigenvalue weighted by molar-refractivity contribution is 14.0. The smallest absolute Gasteiger partial charge is 0.190 e. The van der Waals surface area contributed by atoms with Crippen LogP contribution in [0.1, 0.15) is 51.4 Å². The van der Waals surface area contributed by atoms with E-state index in [1.165, 1.54) is 32.1 Å². The summed E-state index contributed by atoms with van der Waals surface area (Å²) in [6.07, 6.45) is 9.91. The van der Waals surface area contributed by atoms with Crippen molar-refractivity contribution in [2.75, 3.05) is 47.6 Å². The van der Waals surface area contributed by atoms with Crippen LogP contribution < -0.4 is 10.6 Å². The third-order valence-corrected chi connectivity index (χ3v) is 4.67. The fourth-order valence-corrected chi connectivity index (χ4v) is 3.21. The number of guanidine groups is 1. The molecule has 1 fully saturated rings. The molecule has 0 saturated heterocycles. The zero-order chi connectivity index (χ0) is 16.1. The molecule has 0 aliphatic heterocycles. The Hall–Kier alpha value is -0.0800. The van der Waals surface area contributed by atoms with Crippen LogP contribution in [-0.4, -0.2) is 53.5 Å². The van der Waals surface area contributed by atoms with Crippen molar-refractivity contribution in [3.05, 3.63) is 0 Å². The van der Waals surface area contributed by atoms with Gasteiger partial charge in [-0.15, -0.1) is 24.0 Å². The van der Waals surface area contributed by atoms with Gasteiger partial charge in [0.2, 0.25) is 0 Å². The molecule has 0 heterocycles. The van der Waals surface area contributed by atoms with E-state index < -0.39 is 0 Å². The molecular weight excluding hydrogens is 405 g/mol. The summed E-state index contributed by atoms with van der Waals surface area (Å²) >= 11 is 0. The van der Waals surface area contributed by atoms with E-state index >= 15 is 0 Å². The third kappa shape index (κ3) is 9.72. The molecule has 0 aromatic heterocycles. The van der Waals surface area contributed by atoms with E-state index in [4.69, 9.17) is 9.47 Å². The van der Waals surface area contributed by atoms with Gasteiger partial charge in [0.05, 0.1) is 0 Å². The maximum absolute atomic E-state index is 5.29. The quantitative estimate of drug-likeness (QED) is 0.224. The highest BCUT2D eigenvalue weighted by Gasteiger charge is 2.33. The van der Waals surface area contributed by atoms with Crippen LogP contribution in [0.2, 0.25) is 0 Å². The summed E-state index contributed by atoms with van der Waals surface area (Å²) < 4.78 is 10.4. The third-order valence-electron chi connectivity index (χ3n) is 4.67. The van der Waals surface area contributed by atoms with Crippen molar-refractivity contribution in [3.63, 3.8) is 0 Å². The van der Waals surface area contributed by atoms with Crippen LogP contribution >= 0.6 is 24.0 Å². The summed E-state index contributed by atoms with van der Waals surface area (Å²) in [5.41, 5.74) is 0.395. The van der Waals surface area contributed by atoms with Gasteiger partial charge in [-0.1, -0.05) is 12.8 Å². The highest BCUT2D eigenvalue weighted by Crippen LogP contribution is 2.40. The van der Waals surface area contributed by atoms with Crippen molar-refractivity contribution >= 4 is 29.9 Å². The minimum Gasteiger partial charge on any atom is -0.385 e. The van der Waals surface area contributed by atoms with E-state index in [0.29, 0.717) is 5.41 Å². The van der Waals surface area contributed by atoms with Gasteiger partial charge < -0.3 is 20.1 Å². The molecular formula is C17H36IN3O2. The van der Waals surface area contributed by atoms with Gasteiger partial charge >= 0.3 is 0 Å². The first kappa shape index (κ1) is 22.9. The van der Waals surface area contributed by atoms with Gasteiger partial charge in [0.1, 0.15) is 0 Å². The SMILES string of the molecule is CN=C(NCCCCCOC)NCC1(CCOC)CCCC1.I. The lowest BCUT2D eigenvalue weighted by Crippen LogP contribution is -2.43. The van der Waals surface area contributed by atoms with Gasteiger partial charge in [-0.25, -0.2) is 0 Å². The number of rotatable bonds is 11. The first-order chi connectivity index (χ1) is 10.8. The lowest BCUT2D eigenvalue weighted by molar-refractivity contribution is 0.138. The number of aliphatic imine (C=N–C) groups is 1. The second kappa shape index (κ2) is 14.3. The number of ether oxygens (including phenoxy) is 2. The van der Waals surface area contributed by atoms with Crippen molar-refractivity contribution in [2.45, 2.75) is 51.4 Å². The molecule has 1 aliphatic carbocycles. The Morgan fingerprint density at radius 3 is 2.30 bits per heavy atom. The molecule has 1 aliphatic rings. The maximum Gasteiger partial charge on any atom is 0.190 e. The van der Waals surface area contributed by atoms with Gasteiger partial charge in [0, 0.05) is 47.6 Å². The van der Waals surface area contributed by atoms with Crippen molar-refractivity contribution in [1.29, 1.82) is 0 Å². The maximum atomic E-state index is 5.29. The summed E-state index contributed by atoms with van der Waals surface area (Å²) in [6.45, 7) is 3.68. The molecule has 0 bridgehead atoms. The van der Waals surface area contributed by atoms with Gasteiger partial charge in [0.15, 0.2) is 5.96 Å². The van der Waals surface area contributed by atoms with Crippen molar-refractivity contribution in [1.82, 2.24) is 10.6 Å². The molecule has 1 rings (SSSR count). The van der Waals surface area contributed by atoms with Crippen LogP contribution in [0.4, 0.5) is 0 Å². The summed E-state index contributed by atoms with van der Waals surface area (Å²) in [6, 6.07) is 0. The predicted octanol–water partition coefficient (Wildman–Crippen LogP) is 3.18. The Bertz CT molecular complexity index is 308. The number of hydrogen-bond donors (Lipinski definition) is 2. The number of nitrogens with one attached hydrogen (secondary N) is 2. The molecule has 0 atom stereocenters. The molecule has 5 nitrogen and oxygen atoms in total. The molecule has 6 heteroatoms. The summed E-state index contributed by atoms with van der Waals surface area (Å²) in [5, 5.41) is 6.93. The summed E-state index contributed by atoms with van der Waals surface area (Å²) in [7, 11) is 5.39. The second-order valence-electron chi connectivity index (χ2n) is 6.36. The van der Waals surface area contributed by atoms with E-state index in [2.05, 4.69) is 15.6 Å². The first-order valence-corrected chi connectivity index (χ1v) is 8.69. The molecule has 23 heavy (non-hydrogen) atoms. The van der Waals surface area contributed by atoms with Crippen LogP contribution in [0.15, 0.2) is 4.99 Å². The molecule has 0 aromatic carbocycles. The Kier molecular flexibility index (Phi) is 14.2. The number of nitrogens with zero attached hydrogens (tertiary/aromatic N) is 1. The minimum absolute atomic E-state index is 0. The molecule has 0 radical (unpaired) electrons. The lowest BCUT2D eigenvalue weighted by atomic mass is 9.83. The van der Waals surface area contributed by atoms with E-state index in [1.807, 2.05) is 7.05 Å². The predicted molar refractivity (Wildman–Crippen MR) is 108 cm³/mol. The summed E-state index contributed by atoms with van der Waals surface area (Å²) in [5.74, 6) is 0.926.